The SMILES string of the molecule is CCn1c(C2CC(F)(F)C2)nc(-c2ccc(CNC(=O)c3cc(F)ccc3OC)cc2)c1C(=O)O. The summed E-state index contributed by atoms with van der Waals surface area (Å²) in [6.45, 7) is 2.17. The molecule has 10 heteroatoms. The number of carbonyl (C=O) groups is 2. The van der Waals surface area contributed by atoms with Gasteiger partial charge in [0.2, 0.25) is 5.92 Å². The predicted octanol–water partition coefficient (Wildman–Crippen LogP) is 4.86. The first-order valence-electron chi connectivity index (χ1n) is 11.1. The van der Waals surface area contributed by atoms with Gasteiger partial charge in [-0.3, -0.25) is 4.79 Å². The van der Waals surface area contributed by atoms with Crippen LogP contribution in [0.5, 0.6) is 5.75 Å². The van der Waals surface area contributed by atoms with Crippen LogP contribution in [0.1, 0.15) is 57.9 Å². The Morgan fingerprint density at radius 2 is 1.89 bits per heavy atom. The zero-order valence-electron chi connectivity index (χ0n) is 19.1. The van der Waals surface area contributed by atoms with E-state index >= 15 is 0 Å². The molecule has 3 aromatic rings. The third-order valence-electron chi connectivity index (χ3n) is 6.06. The van der Waals surface area contributed by atoms with Gasteiger partial charge >= 0.3 is 5.97 Å². The molecule has 2 aromatic carbocycles. The first-order valence-corrected chi connectivity index (χ1v) is 11.1. The highest BCUT2D eigenvalue weighted by Gasteiger charge is 2.48. The molecule has 1 aliphatic rings. The van der Waals surface area contributed by atoms with Gasteiger partial charge in [-0.25, -0.2) is 22.9 Å². The van der Waals surface area contributed by atoms with E-state index in [2.05, 4.69) is 10.3 Å². The molecule has 35 heavy (non-hydrogen) atoms. The minimum absolute atomic E-state index is 0.0445. The number of halogens is 3. The minimum atomic E-state index is -2.75. The Labute approximate surface area is 199 Å². The molecule has 0 saturated heterocycles. The molecule has 1 heterocycles. The number of alkyl halides is 2. The molecule has 0 spiro atoms. The number of hydrogen-bond acceptors (Lipinski definition) is 4. The zero-order chi connectivity index (χ0) is 25.3. The Hall–Kier alpha value is -3.82. The Bertz CT molecular complexity index is 1260. The summed E-state index contributed by atoms with van der Waals surface area (Å²) in [4.78, 5) is 29.0. The molecule has 1 amide bonds. The van der Waals surface area contributed by atoms with Gasteiger partial charge in [0, 0.05) is 37.4 Å². The second kappa shape index (κ2) is 9.44. The van der Waals surface area contributed by atoms with Crippen LogP contribution in [0, 0.1) is 5.82 Å². The summed E-state index contributed by atoms with van der Waals surface area (Å²) in [5.74, 6) is -4.91. The van der Waals surface area contributed by atoms with Crippen LogP contribution < -0.4 is 10.1 Å². The van der Waals surface area contributed by atoms with Gasteiger partial charge in [-0.1, -0.05) is 24.3 Å². The number of hydrogen-bond donors (Lipinski definition) is 2. The van der Waals surface area contributed by atoms with Crippen LogP contribution in [0.25, 0.3) is 11.3 Å². The summed E-state index contributed by atoms with van der Waals surface area (Å²) in [5.41, 5.74) is 1.46. The Morgan fingerprint density at radius 3 is 2.46 bits per heavy atom. The molecule has 1 aromatic heterocycles. The number of nitrogens with one attached hydrogen (secondary N) is 1. The number of amides is 1. The summed E-state index contributed by atoms with van der Waals surface area (Å²) in [5, 5.41) is 12.5. The largest absolute Gasteiger partial charge is 0.496 e. The summed E-state index contributed by atoms with van der Waals surface area (Å²) in [7, 11) is 1.38. The van der Waals surface area contributed by atoms with Gasteiger partial charge < -0.3 is 19.7 Å². The summed E-state index contributed by atoms with van der Waals surface area (Å²) >= 11 is 0. The average Bonchev–Trinajstić information content (AvgIpc) is 3.21. The maximum atomic E-state index is 13.5. The molecule has 2 N–H and O–H groups in total. The first-order chi connectivity index (χ1) is 16.6. The molecule has 0 aliphatic heterocycles. The van der Waals surface area contributed by atoms with E-state index in [1.165, 1.54) is 23.8 Å². The first kappa shape index (κ1) is 24.3. The Morgan fingerprint density at radius 1 is 1.20 bits per heavy atom. The molecule has 0 radical (unpaired) electrons. The normalized spacial score (nSPS) is 14.9. The van der Waals surface area contributed by atoms with Crippen molar-refractivity contribution in [3.63, 3.8) is 0 Å². The molecule has 0 atom stereocenters. The number of methoxy groups -OCH3 is 1. The van der Waals surface area contributed by atoms with Gasteiger partial charge in [-0.2, -0.15) is 0 Å². The van der Waals surface area contributed by atoms with Crippen molar-refractivity contribution in [3.05, 3.63) is 70.9 Å². The monoisotopic (exact) mass is 487 g/mol. The number of carboxylic acids is 1. The highest BCUT2D eigenvalue weighted by atomic mass is 19.3. The smallest absolute Gasteiger partial charge is 0.354 e. The van der Waals surface area contributed by atoms with Crippen LogP contribution in [-0.2, 0) is 13.1 Å². The van der Waals surface area contributed by atoms with E-state index in [0.29, 0.717) is 23.5 Å². The maximum Gasteiger partial charge on any atom is 0.354 e. The van der Waals surface area contributed by atoms with E-state index in [1.54, 1.807) is 31.2 Å². The van der Waals surface area contributed by atoms with E-state index < -0.39 is 29.5 Å². The molecule has 4 rings (SSSR count). The van der Waals surface area contributed by atoms with Crippen LogP contribution >= 0.6 is 0 Å². The number of carboxylic acid groups (broad SMARTS) is 1. The zero-order valence-corrected chi connectivity index (χ0v) is 19.1. The number of imidazole rings is 1. The molecule has 1 aliphatic carbocycles. The van der Waals surface area contributed by atoms with E-state index in [0.717, 1.165) is 6.07 Å². The summed E-state index contributed by atoms with van der Waals surface area (Å²) in [6, 6.07) is 10.4. The number of ether oxygens (including phenoxy) is 1. The summed E-state index contributed by atoms with van der Waals surface area (Å²) in [6.07, 6.45) is -0.700. The van der Waals surface area contributed by atoms with Gasteiger partial charge in [0.05, 0.1) is 12.7 Å². The topological polar surface area (TPSA) is 93.5 Å². The number of rotatable bonds is 8. The van der Waals surface area contributed by atoms with Crippen LogP contribution in [-0.4, -0.2) is 39.6 Å². The number of nitrogens with zero attached hydrogens (tertiary/aromatic N) is 2. The quantitative estimate of drug-likeness (QED) is 0.474. The lowest BCUT2D eigenvalue weighted by atomic mass is 9.80. The maximum absolute atomic E-state index is 13.5. The average molecular weight is 487 g/mol. The van der Waals surface area contributed by atoms with Crippen molar-refractivity contribution in [2.24, 2.45) is 0 Å². The van der Waals surface area contributed by atoms with Crippen molar-refractivity contribution in [2.75, 3.05) is 7.11 Å². The lowest BCUT2D eigenvalue weighted by Crippen LogP contribution is -2.35. The fourth-order valence-corrected chi connectivity index (χ4v) is 4.28. The fourth-order valence-electron chi connectivity index (χ4n) is 4.28. The second-order valence-corrected chi connectivity index (χ2v) is 8.40. The third-order valence-corrected chi connectivity index (χ3v) is 6.06. The van der Waals surface area contributed by atoms with Crippen LogP contribution in [0.15, 0.2) is 42.5 Å². The number of benzene rings is 2. The van der Waals surface area contributed by atoms with Gasteiger partial charge in [0.15, 0.2) is 5.69 Å². The molecule has 0 bridgehead atoms. The van der Waals surface area contributed by atoms with Crippen molar-refractivity contribution in [2.45, 2.75) is 44.7 Å². The number of aromatic carboxylic acids is 1. The number of carbonyl (C=O) groups excluding carboxylic acids is 1. The van der Waals surface area contributed by atoms with Crippen LogP contribution in [0.2, 0.25) is 0 Å². The van der Waals surface area contributed by atoms with Crippen molar-refractivity contribution in [3.8, 4) is 17.0 Å². The minimum Gasteiger partial charge on any atom is -0.496 e. The van der Waals surface area contributed by atoms with Crippen molar-refractivity contribution in [1.29, 1.82) is 0 Å². The molecule has 7 nitrogen and oxygen atoms in total. The lowest BCUT2D eigenvalue weighted by molar-refractivity contribution is -0.0891. The molecule has 1 saturated carbocycles. The van der Waals surface area contributed by atoms with Crippen molar-refractivity contribution >= 4 is 11.9 Å². The second-order valence-electron chi connectivity index (χ2n) is 8.40. The molecule has 1 fully saturated rings. The lowest BCUT2D eigenvalue weighted by Gasteiger charge is -2.34. The van der Waals surface area contributed by atoms with E-state index in [9.17, 15) is 27.9 Å². The Kier molecular flexibility index (Phi) is 6.56. The number of aromatic nitrogens is 2. The highest BCUT2D eigenvalue weighted by molar-refractivity contribution is 5.97. The third kappa shape index (κ3) is 4.87. The molecule has 184 valence electrons. The standard InChI is InChI=1S/C25H24F3N3O4/c1-3-31-21(24(33)34)20(30-22(31)16-11-25(27,28)12-16)15-6-4-14(5-7-15)13-29-23(32)18-10-17(26)8-9-19(18)35-2/h4-10,16H,3,11-13H2,1-2H3,(H,29,32)(H,33,34). The Balaban J connectivity index is 1.54. The van der Waals surface area contributed by atoms with Gasteiger partial charge in [0.25, 0.3) is 5.91 Å². The van der Waals surface area contributed by atoms with Gasteiger partial charge in [-0.15, -0.1) is 0 Å². The highest BCUT2D eigenvalue weighted by Crippen LogP contribution is 2.48. The van der Waals surface area contributed by atoms with E-state index in [1.807, 2.05) is 0 Å². The van der Waals surface area contributed by atoms with Gasteiger partial charge in [0.1, 0.15) is 23.1 Å². The van der Waals surface area contributed by atoms with Crippen molar-refractivity contribution in [1.82, 2.24) is 14.9 Å². The molecular formula is C25H24F3N3O4. The molecular weight excluding hydrogens is 463 g/mol. The van der Waals surface area contributed by atoms with Gasteiger partial charge in [-0.05, 0) is 30.7 Å². The molecule has 0 unspecified atom stereocenters. The van der Waals surface area contributed by atoms with Crippen molar-refractivity contribution < 1.29 is 32.6 Å². The van der Waals surface area contributed by atoms with E-state index in [4.69, 9.17) is 4.74 Å². The fraction of sp³-hybridized carbons (Fsp3) is 0.320. The van der Waals surface area contributed by atoms with Crippen LogP contribution in [0.4, 0.5) is 13.2 Å². The predicted molar refractivity (Wildman–Crippen MR) is 121 cm³/mol. The van der Waals surface area contributed by atoms with Crippen LogP contribution in [0.3, 0.4) is 0 Å². The van der Waals surface area contributed by atoms with E-state index in [-0.39, 0.29) is 42.1 Å². The summed E-state index contributed by atoms with van der Waals surface area (Å²) < 4.78 is 47.0.